The van der Waals surface area contributed by atoms with Crippen molar-refractivity contribution in [1.29, 1.82) is 0 Å². The van der Waals surface area contributed by atoms with Crippen LogP contribution in [0.2, 0.25) is 0 Å². The molecular formula is C23H50N4O2. The van der Waals surface area contributed by atoms with Gasteiger partial charge in [0.15, 0.2) is 0 Å². The summed E-state index contributed by atoms with van der Waals surface area (Å²) in [4.78, 5) is 19.3. The van der Waals surface area contributed by atoms with Crippen molar-refractivity contribution >= 4 is 6.09 Å². The van der Waals surface area contributed by atoms with E-state index in [2.05, 4.69) is 61.7 Å². The van der Waals surface area contributed by atoms with Gasteiger partial charge >= 0.3 is 6.09 Å². The zero-order chi connectivity index (χ0) is 22.4. The number of carbonyl (C=O) groups excluding carboxylic acids is 1. The van der Waals surface area contributed by atoms with Crippen LogP contribution in [0.3, 0.4) is 0 Å². The summed E-state index contributed by atoms with van der Waals surface area (Å²) in [6.07, 6.45) is 2.99. The fourth-order valence-electron chi connectivity index (χ4n) is 3.22. The van der Waals surface area contributed by atoms with Gasteiger partial charge in [0.05, 0.1) is 0 Å². The van der Waals surface area contributed by atoms with E-state index in [4.69, 9.17) is 4.74 Å². The zero-order valence-corrected chi connectivity index (χ0v) is 20.9. The Morgan fingerprint density at radius 1 is 0.897 bits per heavy atom. The van der Waals surface area contributed by atoms with E-state index in [0.29, 0.717) is 18.6 Å². The molecule has 1 N–H and O–H groups in total. The summed E-state index contributed by atoms with van der Waals surface area (Å²) in [5.41, 5.74) is -0.444. The summed E-state index contributed by atoms with van der Waals surface area (Å²) in [7, 11) is 2.20. The molecule has 0 aliphatic carbocycles. The first-order valence-electron chi connectivity index (χ1n) is 11.6. The molecule has 0 heterocycles. The van der Waals surface area contributed by atoms with Crippen LogP contribution in [0.4, 0.5) is 4.79 Å². The van der Waals surface area contributed by atoms with E-state index in [1.165, 1.54) is 12.8 Å². The SMILES string of the molecule is CCN(CCCN(CCCNC(=O)OC(C)(C)C)CCCN(C)C(C)C)C(C)C. The molecule has 0 aromatic carbocycles. The molecular weight excluding hydrogens is 364 g/mol. The zero-order valence-electron chi connectivity index (χ0n) is 20.9. The van der Waals surface area contributed by atoms with Gasteiger partial charge in [-0.25, -0.2) is 4.79 Å². The predicted molar refractivity (Wildman–Crippen MR) is 125 cm³/mol. The van der Waals surface area contributed by atoms with E-state index in [9.17, 15) is 4.79 Å². The average Bonchev–Trinajstić information content (AvgIpc) is 2.59. The maximum atomic E-state index is 11.8. The molecule has 0 aromatic rings. The Balaban J connectivity index is 4.37. The number of rotatable bonds is 15. The van der Waals surface area contributed by atoms with Crippen molar-refractivity contribution in [2.75, 3.05) is 52.9 Å². The normalized spacial score (nSPS) is 12.6. The summed E-state index contributed by atoms with van der Waals surface area (Å²) >= 11 is 0. The number of hydrogen-bond acceptors (Lipinski definition) is 5. The largest absolute Gasteiger partial charge is 0.444 e. The first-order chi connectivity index (χ1) is 13.5. The number of nitrogens with zero attached hydrogens (tertiary/aromatic N) is 3. The van der Waals surface area contributed by atoms with E-state index in [1.54, 1.807) is 0 Å². The van der Waals surface area contributed by atoms with Crippen LogP contribution in [0.5, 0.6) is 0 Å². The molecule has 0 unspecified atom stereocenters. The lowest BCUT2D eigenvalue weighted by Crippen LogP contribution is -2.37. The van der Waals surface area contributed by atoms with Crippen molar-refractivity contribution < 1.29 is 9.53 Å². The minimum atomic E-state index is -0.444. The Bertz CT molecular complexity index is 422. The standard InChI is InChI=1S/C23H50N4O2/c1-10-27(21(4)5)19-13-18-26(17-12-15-25(9)20(2)3)16-11-14-24-22(28)29-23(6,7)8/h20-21H,10-19H2,1-9H3,(H,24,28). The van der Waals surface area contributed by atoms with Crippen LogP contribution in [-0.2, 0) is 4.74 Å². The Hall–Kier alpha value is -0.850. The highest BCUT2D eigenvalue weighted by Gasteiger charge is 2.16. The molecule has 0 aliphatic heterocycles. The number of hydrogen-bond donors (Lipinski definition) is 1. The molecule has 0 saturated carbocycles. The number of amides is 1. The maximum Gasteiger partial charge on any atom is 0.407 e. The van der Waals surface area contributed by atoms with Gasteiger partial charge in [0.2, 0.25) is 0 Å². The van der Waals surface area contributed by atoms with Gasteiger partial charge < -0.3 is 24.8 Å². The van der Waals surface area contributed by atoms with E-state index < -0.39 is 5.60 Å². The molecule has 0 fully saturated rings. The minimum absolute atomic E-state index is 0.321. The van der Waals surface area contributed by atoms with Crippen LogP contribution in [0, 0.1) is 0 Å². The quantitative estimate of drug-likeness (QED) is 0.410. The number of nitrogens with one attached hydrogen (secondary N) is 1. The Morgan fingerprint density at radius 2 is 1.45 bits per heavy atom. The third-order valence-electron chi connectivity index (χ3n) is 5.24. The van der Waals surface area contributed by atoms with Gasteiger partial charge in [-0.2, -0.15) is 0 Å². The summed E-state index contributed by atoms with van der Waals surface area (Å²) in [5, 5.41) is 2.88. The van der Waals surface area contributed by atoms with E-state index in [1.807, 2.05) is 20.8 Å². The molecule has 0 radical (unpaired) electrons. The van der Waals surface area contributed by atoms with Crippen LogP contribution in [0.25, 0.3) is 0 Å². The third-order valence-corrected chi connectivity index (χ3v) is 5.24. The van der Waals surface area contributed by atoms with Crippen molar-refractivity contribution in [3.63, 3.8) is 0 Å². The molecule has 0 spiro atoms. The van der Waals surface area contributed by atoms with Crippen LogP contribution < -0.4 is 5.32 Å². The second-order valence-electron chi connectivity index (χ2n) is 9.63. The van der Waals surface area contributed by atoms with Gasteiger partial charge in [-0.3, -0.25) is 0 Å². The smallest absolute Gasteiger partial charge is 0.407 e. The molecule has 6 nitrogen and oxygen atoms in total. The molecule has 0 rings (SSSR count). The third kappa shape index (κ3) is 15.6. The van der Waals surface area contributed by atoms with Gasteiger partial charge in [0, 0.05) is 18.6 Å². The van der Waals surface area contributed by atoms with Gasteiger partial charge in [-0.05, 0) is 114 Å². The lowest BCUT2D eigenvalue weighted by molar-refractivity contribution is 0.0525. The van der Waals surface area contributed by atoms with E-state index >= 15 is 0 Å². The Labute approximate surface area is 181 Å². The maximum absolute atomic E-state index is 11.8. The lowest BCUT2D eigenvalue weighted by Gasteiger charge is -2.28. The summed E-state index contributed by atoms with van der Waals surface area (Å²) < 4.78 is 5.31. The second-order valence-corrected chi connectivity index (χ2v) is 9.63. The molecule has 1 amide bonds. The van der Waals surface area contributed by atoms with Crippen molar-refractivity contribution in [2.45, 2.75) is 92.3 Å². The van der Waals surface area contributed by atoms with Gasteiger partial charge in [-0.1, -0.05) is 6.92 Å². The van der Waals surface area contributed by atoms with Crippen molar-refractivity contribution in [3.05, 3.63) is 0 Å². The highest BCUT2D eigenvalue weighted by molar-refractivity contribution is 5.67. The summed E-state index contributed by atoms with van der Waals surface area (Å²) in [6, 6.07) is 1.19. The second kappa shape index (κ2) is 15.0. The van der Waals surface area contributed by atoms with Gasteiger partial charge in [0.25, 0.3) is 0 Å². The molecule has 0 aliphatic rings. The Morgan fingerprint density at radius 3 is 1.93 bits per heavy atom. The van der Waals surface area contributed by atoms with Crippen LogP contribution in [-0.4, -0.2) is 91.3 Å². The summed E-state index contributed by atoms with van der Waals surface area (Å²) in [6.45, 7) is 24.2. The molecule has 0 bridgehead atoms. The molecule has 0 aromatic heterocycles. The molecule has 29 heavy (non-hydrogen) atoms. The van der Waals surface area contributed by atoms with Crippen LogP contribution in [0.1, 0.15) is 74.7 Å². The topological polar surface area (TPSA) is 48.1 Å². The number of carbonyl (C=O) groups is 1. The molecule has 6 heteroatoms. The fourth-order valence-corrected chi connectivity index (χ4v) is 3.22. The average molecular weight is 415 g/mol. The predicted octanol–water partition coefficient (Wildman–Crippen LogP) is 4.05. The highest BCUT2D eigenvalue weighted by Crippen LogP contribution is 2.07. The van der Waals surface area contributed by atoms with E-state index in [-0.39, 0.29) is 6.09 Å². The Kier molecular flexibility index (Phi) is 14.6. The van der Waals surface area contributed by atoms with Crippen molar-refractivity contribution in [2.24, 2.45) is 0 Å². The first kappa shape index (κ1) is 28.1. The monoisotopic (exact) mass is 414 g/mol. The summed E-state index contributed by atoms with van der Waals surface area (Å²) in [5.74, 6) is 0. The van der Waals surface area contributed by atoms with Crippen LogP contribution in [0.15, 0.2) is 0 Å². The van der Waals surface area contributed by atoms with Gasteiger partial charge in [0.1, 0.15) is 5.60 Å². The highest BCUT2D eigenvalue weighted by atomic mass is 16.6. The molecule has 0 saturated heterocycles. The van der Waals surface area contributed by atoms with Crippen LogP contribution >= 0.6 is 0 Å². The number of ether oxygens (including phenoxy) is 1. The first-order valence-corrected chi connectivity index (χ1v) is 11.6. The van der Waals surface area contributed by atoms with Crippen molar-refractivity contribution in [3.8, 4) is 0 Å². The van der Waals surface area contributed by atoms with E-state index in [0.717, 1.165) is 45.7 Å². The van der Waals surface area contributed by atoms with Gasteiger partial charge in [-0.15, -0.1) is 0 Å². The number of alkyl carbamates (subject to hydrolysis) is 1. The van der Waals surface area contributed by atoms with Crippen molar-refractivity contribution in [1.82, 2.24) is 20.0 Å². The molecule has 174 valence electrons. The minimum Gasteiger partial charge on any atom is -0.444 e. The fraction of sp³-hybridized carbons (Fsp3) is 0.957. The molecule has 0 atom stereocenters. The lowest BCUT2D eigenvalue weighted by atomic mass is 10.2.